The van der Waals surface area contributed by atoms with Gasteiger partial charge in [-0.25, -0.2) is 0 Å². The summed E-state index contributed by atoms with van der Waals surface area (Å²) in [6.45, 7) is 7.02. The van der Waals surface area contributed by atoms with E-state index in [4.69, 9.17) is 0 Å². The molecule has 0 bridgehead atoms. The summed E-state index contributed by atoms with van der Waals surface area (Å²) in [4.78, 5) is 12.8. The third-order valence-electron chi connectivity index (χ3n) is 6.48. The van der Waals surface area contributed by atoms with E-state index in [0.29, 0.717) is 0 Å². The summed E-state index contributed by atoms with van der Waals surface area (Å²) in [5, 5.41) is 3.73. The molecule has 2 aromatic heterocycles. The van der Waals surface area contributed by atoms with E-state index in [0.717, 1.165) is 0 Å². The Balaban J connectivity index is 2.01. The second-order valence-corrected chi connectivity index (χ2v) is 31.9. The van der Waals surface area contributed by atoms with Crippen LogP contribution < -0.4 is 13.3 Å². The molecule has 156 valence electrons. The fourth-order valence-electron chi connectivity index (χ4n) is 4.84. The summed E-state index contributed by atoms with van der Waals surface area (Å²) in [6, 6.07) is 8.40. The van der Waals surface area contributed by atoms with E-state index in [1.807, 2.05) is 13.3 Å². The molecule has 1 aliphatic heterocycles. The van der Waals surface area contributed by atoms with Crippen molar-refractivity contribution in [2.24, 2.45) is 0 Å². The number of rotatable bonds is 11. The van der Waals surface area contributed by atoms with Crippen molar-refractivity contribution < 1.29 is 0 Å². The molecule has 0 nitrogen and oxygen atoms in total. The summed E-state index contributed by atoms with van der Waals surface area (Å²) in [5.74, 6) is 0. The predicted octanol–water partition coefficient (Wildman–Crippen LogP) is 7.37. The topological polar surface area (TPSA) is 0 Å². The van der Waals surface area contributed by atoms with Gasteiger partial charge in [-0.05, 0) is 0 Å². The molecule has 0 N–H and O–H groups in total. The fourth-order valence-corrected chi connectivity index (χ4v) is 19.8. The Morgan fingerprint density at radius 3 is 1.82 bits per heavy atom. The SMILES string of the molecule is CCCCCC[Si]1(CCCCCC)c2cc(C)sc2-c2s[c]([Sn]([CH3])([CH3])[CH3])cc21. The van der Waals surface area contributed by atoms with Crippen LogP contribution in [0.2, 0.25) is 26.9 Å². The molecule has 0 saturated carbocycles. The van der Waals surface area contributed by atoms with Gasteiger partial charge in [0.2, 0.25) is 0 Å². The van der Waals surface area contributed by atoms with Crippen LogP contribution in [0.4, 0.5) is 0 Å². The quantitative estimate of drug-likeness (QED) is 0.207. The van der Waals surface area contributed by atoms with Crippen LogP contribution in [0.1, 0.15) is 70.1 Å². The normalized spacial score (nSPS) is 15.1. The van der Waals surface area contributed by atoms with E-state index >= 15 is 0 Å². The second kappa shape index (κ2) is 9.70. The Bertz CT molecular complexity index is 769. The van der Waals surface area contributed by atoms with Crippen LogP contribution in [0.5, 0.6) is 0 Å². The predicted molar refractivity (Wildman–Crippen MR) is 138 cm³/mol. The zero-order chi connectivity index (χ0) is 20.4. The molecule has 0 atom stereocenters. The summed E-state index contributed by atoms with van der Waals surface area (Å²) in [7, 11) is -1.56. The van der Waals surface area contributed by atoms with E-state index in [1.54, 1.807) is 14.6 Å². The van der Waals surface area contributed by atoms with Crippen LogP contribution in [0, 0.1) is 6.92 Å². The zero-order valence-electron chi connectivity index (χ0n) is 19.0. The van der Waals surface area contributed by atoms with Gasteiger partial charge < -0.3 is 0 Å². The van der Waals surface area contributed by atoms with Crippen molar-refractivity contribution in [3.63, 3.8) is 0 Å². The van der Waals surface area contributed by atoms with Crippen molar-refractivity contribution in [3.05, 3.63) is 17.0 Å². The molecule has 0 unspecified atom stereocenters. The maximum atomic E-state index is 2.77. The third kappa shape index (κ3) is 4.67. The summed E-state index contributed by atoms with van der Waals surface area (Å²) in [6.07, 6.45) is 11.3. The van der Waals surface area contributed by atoms with Gasteiger partial charge in [-0.1, -0.05) is 0 Å². The fraction of sp³-hybridized carbons (Fsp3) is 0.667. The van der Waals surface area contributed by atoms with Gasteiger partial charge in [0.25, 0.3) is 0 Å². The van der Waals surface area contributed by atoms with Crippen molar-refractivity contribution in [3.8, 4) is 9.75 Å². The van der Waals surface area contributed by atoms with Crippen molar-refractivity contribution in [2.75, 3.05) is 0 Å². The molecule has 1 aliphatic rings. The van der Waals surface area contributed by atoms with Gasteiger partial charge in [-0.15, -0.1) is 0 Å². The molecule has 0 aromatic carbocycles. The first-order valence-electron chi connectivity index (χ1n) is 11.6. The van der Waals surface area contributed by atoms with E-state index in [9.17, 15) is 0 Å². The zero-order valence-corrected chi connectivity index (χ0v) is 24.5. The molecule has 28 heavy (non-hydrogen) atoms. The molecule has 2 aromatic rings. The summed E-state index contributed by atoms with van der Waals surface area (Å²) < 4.78 is 1.81. The standard InChI is InChI=1S/C21H31S2Si.3CH3.Sn/c1-4-6-8-10-14-24(15-11-9-7-5-2)18-12-13-22-20(18)21-19(24)16-17(3)23-21;;;;/h12,16H,4-11,14-15H2,1-3H3;3*1H3;. The van der Waals surface area contributed by atoms with Crippen LogP contribution in [0.25, 0.3) is 9.75 Å². The van der Waals surface area contributed by atoms with Gasteiger partial charge in [-0.2, -0.15) is 0 Å². The van der Waals surface area contributed by atoms with Gasteiger partial charge in [0.15, 0.2) is 0 Å². The molecule has 0 spiro atoms. The average Bonchev–Trinajstić information content (AvgIpc) is 3.28. The van der Waals surface area contributed by atoms with Crippen LogP contribution >= 0.6 is 22.7 Å². The Morgan fingerprint density at radius 1 is 0.750 bits per heavy atom. The number of unbranched alkanes of at least 4 members (excludes halogenated alkanes) is 6. The molecule has 0 saturated heterocycles. The molecule has 0 aliphatic carbocycles. The summed E-state index contributed by atoms with van der Waals surface area (Å²) in [5.41, 5.74) is 0. The van der Waals surface area contributed by atoms with Gasteiger partial charge in [-0.3, -0.25) is 0 Å². The van der Waals surface area contributed by atoms with Crippen LogP contribution in [0.3, 0.4) is 0 Å². The monoisotopic (exact) mass is 540 g/mol. The molecular formula is C24H40S2SiSn. The maximum absolute atomic E-state index is 2.77. The Hall–Kier alpha value is 0.416. The van der Waals surface area contributed by atoms with Gasteiger partial charge in [0.05, 0.1) is 0 Å². The van der Waals surface area contributed by atoms with Crippen LogP contribution in [-0.2, 0) is 0 Å². The molecule has 3 rings (SSSR count). The van der Waals surface area contributed by atoms with Gasteiger partial charge >= 0.3 is 188 Å². The number of aryl methyl sites for hydroxylation is 1. The minimum absolute atomic E-state index is 1.35. The van der Waals surface area contributed by atoms with Crippen molar-refractivity contribution in [1.82, 2.24) is 0 Å². The summed E-state index contributed by atoms with van der Waals surface area (Å²) >= 11 is 2.29. The Morgan fingerprint density at radius 2 is 1.29 bits per heavy atom. The number of thiophene rings is 2. The first-order valence-corrected chi connectivity index (χ1v) is 25.6. The number of hydrogen-bond donors (Lipinski definition) is 0. The van der Waals surface area contributed by atoms with Crippen molar-refractivity contribution in [2.45, 2.75) is 99.0 Å². The first-order chi connectivity index (χ1) is 13.3. The van der Waals surface area contributed by atoms with Crippen LogP contribution in [0.15, 0.2) is 12.1 Å². The second-order valence-electron chi connectivity index (χ2n) is 9.91. The molecule has 0 amide bonds. The van der Waals surface area contributed by atoms with E-state index in [1.165, 1.54) is 63.5 Å². The molecule has 0 fully saturated rings. The number of hydrogen-bond acceptors (Lipinski definition) is 2. The first kappa shape index (κ1) is 23.1. The van der Waals surface area contributed by atoms with Gasteiger partial charge in [0.1, 0.15) is 0 Å². The Labute approximate surface area is 187 Å². The molecule has 3 heterocycles. The van der Waals surface area contributed by atoms with Crippen molar-refractivity contribution >= 4 is 62.4 Å². The van der Waals surface area contributed by atoms with Crippen molar-refractivity contribution in [1.29, 1.82) is 0 Å². The van der Waals surface area contributed by atoms with E-state index in [2.05, 4.69) is 70.4 Å². The molecule has 0 radical (unpaired) electrons. The Kier molecular flexibility index (Phi) is 8.00. The average molecular weight is 540 g/mol. The third-order valence-corrected chi connectivity index (χ3v) is 23.9. The van der Waals surface area contributed by atoms with Gasteiger partial charge in [0, 0.05) is 0 Å². The number of fused-ring (bicyclic) bond motifs is 3. The van der Waals surface area contributed by atoms with E-state index < -0.39 is 26.5 Å². The molecule has 4 heteroatoms. The minimum atomic E-state index is -2.02. The van der Waals surface area contributed by atoms with E-state index in [-0.39, 0.29) is 0 Å². The van der Waals surface area contributed by atoms with Crippen LogP contribution in [-0.4, -0.2) is 26.5 Å². The molecular weight excluding hydrogens is 499 g/mol.